The van der Waals surface area contributed by atoms with Gasteiger partial charge in [-0.1, -0.05) is 132 Å². The van der Waals surface area contributed by atoms with E-state index in [1.807, 2.05) is 100 Å². The number of aromatic nitrogens is 6. The van der Waals surface area contributed by atoms with E-state index in [1.54, 1.807) is 34.0 Å². The zero-order chi connectivity index (χ0) is 76.7. The van der Waals surface area contributed by atoms with Crippen molar-refractivity contribution < 1.29 is 38.5 Å². The number of piperazine rings is 1. The molecule has 8 aromatic rings. The number of nitrogens with one attached hydrogen (secondary N) is 2. The fourth-order valence-electron chi connectivity index (χ4n) is 17.0. The third-order valence-electron chi connectivity index (χ3n) is 22.6. The van der Waals surface area contributed by atoms with E-state index in [9.17, 15) is 24.3 Å². The number of amides is 4. The average molecular weight is 1550 g/mol. The van der Waals surface area contributed by atoms with E-state index in [1.165, 1.54) is 4.90 Å². The Kier molecular flexibility index (Phi) is 24.3. The molecule has 25 heteroatoms. The molecule has 10 heterocycles. The molecule has 4 aliphatic heterocycles. The summed E-state index contributed by atoms with van der Waals surface area (Å²) in [5, 5.41) is 28.2. The molecular weight excluding hydrogens is 1430 g/mol. The number of pyridine rings is 1. The predicted octanol–water partition coefficient (Wildman–Crippen LogP) is 16.6. The van der Waals surface area contributed by atoms with Gasteiger partial charge in [0, 0.05) is 109 Å². The summed E-state index contributed by atoms with van der Waals surface area (Å²) in [6, 6.07) is 11.9. The maximum Gasteiger partial charge on any atom is 0.410 e. The molecule has 0 spiro atoms. The number of benzene rings is 2. The number of carbonyl (C=O) groups excluding carboxylic acids is 4. The number of carbonyl (C=O) groups is 4. The Hall–Kier alpha value is -6.90. The summed E-state index contributed by atoms with van der Waals surface area (Å²) >= 11 is 4.94. The first-order valence-corrected chi connectivity index (χ1v) is 47.5. The second-order valence-electron chi connectivity index (χ2n) is 35.3. The van der Waals surface area contributed by atoms with E-state index in [0.29, 0.717) is 62.1 Å². The van der Waals surface area contributed by atoms with Gasteiger partial charge in [0.25, 0.3) is 0 Å². The maximum absolute atomic E-state index is 14.4. The molecule has 6 atom stereocenters. The van der Waals surface area contributed by atoms with E-state index >= 15 is 0 Å². The molecule has 3 N–H and O–H groups in total. The SMILES string of the molecule is Cc1ncsc1-c1ccc(CNC(=O)[C@@H]2C[C@@H](O)CN2C(=O)[C@@H](NC(=O)CCCCCCN2CCCC(C)(COc3nc(N4C[C@H]5CC[C@@H](C4)N5C(=O)OC(C)(C)C)c4c(n3)sc3c(-c5c6cnn(COCC[Si](C)(C)C)c6cc6scc(C#C[Si](C(C)C)(C(C)C)C(C)C)c56)nccc34)C2)C(C)(C)C)cc1. The van der Waals surface area contributed by atoms with Crippen molar-refractivity contribution in [2.45, 2.75) is 253 Å². The van der Waals surface area contributed by atoms with E-state index in [2.05, 4.69) is 123 Å². The number of β-amino-alcohol motifs (C(OH)–C–C–N with tert-alkyl or cyclic N) is 1. The monoisotopic (exact) mass is 1550 g/mol. The zero-order valence-electron chi connectivity index (χ0n) is 66.2. The molecule has 2 aromatic carbocycles. The molecule has 20 nitrogen and oxygen atoms in total. The van der Waals surface area contributed by atoms with Gasteiger partial charge in [-0.15, -0.1) is 39.6 Å². The average Bonchev–Trinajstić information content (AvgIpc) is 1.58. The largest absolute Gasteiger partial charge is 0.463 e. The Morgan fingerprint density at radius 2 is 1.59 bits per heavy atom. The Morgan fingerprint density at radius 3 is 2.26 bits per heavy atom. The Labute approximate surface area is 646 Å². The third-order valence-corrected chi connectivity index (χ3v) is 33.6. The highest BCUT2D eigenvalue weighted by atomic mass is 32.1. The first-order chi connectivity index (χ1) is 50.7. The van der Waals surface area contributed by atoms with Crippen LogP contribution in [0.25, 0.3) is 63.0 Å². The summed E-state index contributed by atoms with van der Waals surface area (Å²) < 4.78 is 23.5. The fourth-order valence-corrected chi connectivity index (χ4v) is 25.9. The molecule has 6 aromatic heterocycles. The number of hydrogen-bond donors (Lipinski definition) is 3. The lowest BCUT2D eigenvalue weighted by Gasteiger charge is -2.42. The number of anilines is 1. The number of aryl methyl sites for hydroxylation is 1. The molecule has 107 heavy (non-hydrogen) atoms. The summed E-state index contributed by atoms with van der Waals surface area (Å²) in [6.07, 6.45) is 10.4. The minimum atomic E-state index is -2.13. The summed E-state index contributed by atoms with van der Waals surface area (Å²) in [5.74, 6) is 3.78. The molecular formula is C82H114N12O8S3Si2. The molecule has 4 aliphatic rings. The van der Waals surface area contributed by atoms with Gasteiger partial charge in [-0.2, -0.15) is 15.1 Å². The molecule has 0 saturated carbocycles. The molecule has 4 amide bonds. The number of rotatable bonds is 26. The third kappa shape index (κ3) is 17.8. The van der Waals surface area contributed by atoms with Crippen LogP contribution in [0.15, 0.2) is 59.7 Å². The lowest BCUT2D eigenvalue weighted by Crippen LogP contribution is -2.57. The Morgan fingerprint density at radius 1 is 0.869 bits per heavy atom. The molecule has 0 radical (unpaired) electrons. The van der Waals surface area contributed by atoms with Crippen molar-refractivity contribution in [1.29, 1.82) is 0 Å². The number of hydrogen-bond acceptors (Lipinski definition) is 18. The van der Waals surface area contributed by atoms with Gasteiger partial charge in [0.2, 0.25) is 17.7 Å². The first-order valence-electron chi connectivity index (χ1n) is 39.0. The van der Waals surface area contributed by atoms with Crippen LogP contribution in [0, 0.1) is 29.2 Å². The second kappa shape index (κ2) is 32.6. The molecule has 2 bridgehead atoms. The van der Waals surface area contributed by atoms with Crippen LogP contribution in [0.3, 0.4) is 0 Å². The van der Waals surface area contributed by atoms with Gasteiger partial charge in [0.1, 0.15) is 43.1 Å². The Balaban J connectivity index is 0.745. The minimum absolute atomic E-state index is 0.0164. The second-order valence-corrected chi connectivity index (χ2v) is 49.2. The van der Waals surface area contributed by atoms with E-state index in [0.717, 1.165) is 156 Å². The van der Waals surface area contributed by atoms with Crippen LogP contribution < -0.4 is 20.3 Å². The zero-order valence-corrected chi connectivity index (χ0v) is 70.7. The van der Waals surface area contributed by atoms with Crippen LogP contribution >= 0.6 is 34.0 Å². The van der Waals surface area contributed by atoms with Gasteiger partial charge in [0.05, 0.1) is 68.4 Å². The molecule has 4 saturated heterocycles. The number of fused-ring (bicyclic) bond motifs is 7. The van der Waals surface area contributed by atoms with Crippen LogP contribution in [0.1, 0.15) is 171 Å². The van der Waals surface area contributed by atoms with Crippen LogP contribution in [0.4, 0.5) is 10.6 Å². The highest BCUT2D eigenvalue weighted by Crippen LogP contribution is 2.49. The van der Waals surface area contributed by atoms with Gasteiger partial charge in [-0.05, 0) is 131 Å². The van der Waals surface area contributed by atoms with Crippen LogP contribution in [0.5, 0.6) is 6.01 Å². The number of nitrogens with zero attached hydrogens (tertiary/aromatic N) is 10. The predicted molar refractivity (Wildman–Crippen MR) is 440 cm³/mol. The lowest BCUT2D eigenvalue weighted by atomic mass is 9.82. The van der Waals surface area contributed by atoms with Crippen molar-refractivity contribution >= 4 is 121 Å². The van der Waals surface area contributed by atoms with Crippen LogP contribution in [-0.2, 0) is 37.1 Å². The van der Waals surface area contributed by atoms with Crippen molar-refractivity contribution in [3.8, 4) is 39.2 Å². The van der Waals surface area contributed by atoms with Crippen LogP contribution in [0.2, 0.25) is 42.3 Å². The number of ether oxygens (including phenoxy) is 3. The van der Waals surface area contributed by atoms with Crippen LogP contribution in [-0.4, -0.2) is 178 Å². The topological polar surface area (TPSA) is 223 Å². The first kappa shape index (κ1) is 79.6. The molecule has 0 aliphatic carbocycles. The summed E-state index contributed by atoms with van der Waals surface area (Å²) in [5.41, 5.74) is 12.6. The fraction of sp³-hybridized carbons (Fsp3) is 0.598. The standard InChI is InChI=1S/C82H114N12O8S3Si2/c1-51(2)107(52(3)4,53(5)6)37-31-57-46-103-65-40-63-62(42-86-93(63)50-100-36-38-106(15,16)17)68(67(57)65)70-72-61(30-33-83-70)69-74(91-43-58-28-29-59(44-91)94(58)79(99)102-81(11,12)13)88-78(89-76(69)105-72)101-48-82(14)32-22-35-90(47-82)34-21-19-18-20-23-66(96)87-73(80(8,9)10)77(98)92-45-60(95)39-64(92)75(97)84-41-55-24-26-56(27-25-55)71-54(7)85-49-104-71/h24-27,30,33,40,42,46,49,51-53,58-60,64,73,95H,18-23,28-29,32,34-36,38-39,41,43-45,47-48,50H2,1-17H3,(H,84,97)(H,87,96)/t58-,59+,60-,64+,73-,82?/m1/s1. The maximum atomic E-state index is 14.4. The van der Waals surface area contributed by atoms with Gasteiger partial charge in [-0.3, -0.25) is 24.3 Å². The lowest BCUT2D eigenvalue weighted by molar-refractivity contribution is -0.144. The van der Waals surface area contributed by atoms with Crippen molar-refractivity contribution in [2.75, 3.05) is 57.4 Å². The number of thiophene rings is 2. The number of likely N-dealkylation sites (tertiary alicyclic amines) is 2. The molecule has 12 rings (SSSR count). The van der Waals surface area contributed by atoms with E-state index in [4.69, 9.17) is 34.3 Å². The quantitative estimate of drug-likeness (QED) is 0.0261. The van der Waals surface area contributed by atoms with E-state index in [-0.39, 0.29) is 67.2 Å². The van der Waals surface area contributed by atoms with Crippen molar-refractivity contribution in [3.63, 3.8) is 0 Å². The highest BCUT2D eigenvalue weighted by molar-refractivity contribution is 7.26. The van der Waals surface area contributed by atoms with Crippen molar-refractivity contribution in [3.05, 3.63) is 76.5 Å². The highest BCUT2D eigenvalue weighted by Gasteiger charge is 2.48. The van der Waals surface area contributed by atoms with Crippen molar-refractivity contribution in [1.82, 2.24) is 55.0 Å². The molecule has 4 fully saturated rings. The number of piperidine rings is 1. The minimum Gasteiger partial charge on any atom is -0.463 e. The van der Waals surface area contributed by atoms with Gasteiger partial charge < -0.3 is 44.7 Å². The normalized spacial score (nSPS) is 20.0. The van der Waals surface area contributed by atoms with Gasteiger partial charge in [-0.25, -0.2) is 14.5 Å². The number of aliphatic hydroxyl groups is 1. The molecule has 1 unspecified atom stereocenters. The van der Waals surface area contributed by atoms with E-state index < -0.39 is 45.4 Å². The number of unbranched alkanes of at least 4 members (excludes halogenated alkanes) is 3. The Bertz CT molecular complexity index is 4560. The smallest absolute Gasteiger partial charge is 0.410 e. The van der Waals surface area contributed by atoms with Gasteiger partial charge >= 0.3 is 12.1 Å². The van der Waals surface area contributed by atoms with Gasteiger partial charge in [0.15, 0.2) is 0 Å². The number of thiazole rings is 1. The summed E-state index contributed by atoms with van der Waals surface area (Å²) in [7, 11) is -3.46. The van der Waals surface area contributed by atoms with Crippen molar-refractivity contribution in [2.24, 2.45) is 10.8 Å². The molecule has 576 valence electrons. The number of aliphatic hydroxyl groups excluding tert-OH is 1. The summed E-state index contributed by atoms with van der Waals surface area (Å²) in [6.45, 7) is 42.8. The summed E-state index contributed by atoms with van der Waals surface area (Å²) in [4.78, 5) is 86.6.